The second-order valence-corrected chi connectivity index (χ2v) is 4.09. The standard InChI is InChI=1S/C14H10N2O5.K/c17-13-6-5-12(16(20)21)7-10(13)8-15-11-3-1-9(2-4-11)14(18)19;/h1-8,17H,(H,18,19);/q;+1/p-1. The van der Waals surface area contributed by atoms with Crippen molar-refractivity contribution in [2.45, 2.75) is 0 Å². The largest absolute Gasteiger partial charge is 1.00 e. The Balaban J connectivity index is 0.00000242. The number of carboxylic acids is 1. The molecule has 0 aromatic heterocycles. The van der Waals surface area contributed by atoms with Crippen molar-refractivity contribution in [3.8, 4) is 5.75 Å². The Bertz CT molecular complexity index is 729. The van der Waals surface area contributed by atoms with Crippen molar-refractivity contribution in [3.05, 3.63) is 63.7 Å². The number of aromatic carboxylic acids is 1. The van der Waals surface area contributed by atoms with Gasteiger partial charge in [0.15, 0.2) is 0 Å². The molecular weight excluding hydrogens is 315 g/mol. The number of benzene rings is 2. The van der Waals surface area contributed by atoms with Crippen molar-refractivity contribution in [2.24, 2.45) is 4.99 Å². The minimum absolute atomic E-state index is 0. The van der Waals surface area contributed by atoms with Gasteiger partial charge < -0.3 is 15.0 Å². The average molecular weight is 324 g/mol. The van der Waals surface area contributed by atoms with Crippen LogP contribution in [0.1, 0.15) is 15.9 Å². The zero-order valence-electron chi connectivity index (χ0n) is 11.6. The van der Waals surface area contributed by atoms with Gasteiger partial charge in [0.05, 0.1) is 16.6 Å². The molecule has 0 atom stereocenters. The molecule has 0 saturated carbocycles. The van der Waals surface area contributed by atoms with Gasteiger partial charge in [-0.05, 0) is 23.8 Å². The Morgan fingerprint density at radius 3 is 2.36 bits per heavy atom. The van der Waals surface area contributed by atoms with Crippen LogP contribution in [0, 0.1) is 10.1 Å². The number of carboxylic acid groups (broad SMARTS) is 1. The molecule has 2 rings (SSSR count). The molecule has 2 aromatic carbocycles. The van der Waals surface area contributed by atoms with Gasteiger partial charge in [-0.1, -0.05) is 12.1 Å². The van der Waals surface area contributed by atoms with Gasteiger partial charge in [-0.15, -0.1) is 0 Å². The van der Waals surface area contributed by atoms with E-state index in [4.69, 9.17) is 0 Å². The van der Waals surface area contributed by atoms with Crippen LogP contribution in [0.25, 0.3) is 0 Å². The fraction of sp³-hybridized carbons (Fsp3) is 0. The number of phenolic OH excluding ortho intramolecular Hbond substituents is 1. The smallest absolute Gasteiger partial charge is 0.545 e. The maximum atomic E-state index is 10.7. The Kier molecular flexibility index (Phi) is 6.84. The number of non-ortho nitro benzene ring substituents is 1. The molecule has 0 heterocycles. The minimum atomic E-state index is -1.29. The first-order valence-corrected chi connectivity index (χ1v) is 5.80. The van der Waals surface area contributed by atoms with Gasteiger partial charge in [-0.25, -0.2) is 0 Å². The summed E-state index contributed by atoms with van der Waals surface area (Å²) in [6.07, 6.45) is 1.26. The molecule has 2 aromatic rings. The molecule has 7 nitrogen and oxygen atoms in total. The Morgan fingerprint density at radius 1 is 1.18 bits per heavy atom. The van der Waals surface area contributed by atoms with Crippen LogP contribution in [-0.4, -0.2) is 22.2 Å². The molecule has 106 valence electrons. The monoisotopic (exact) mass is 324 g/mol. The van der Waals surface area contributed by atoms with E-state index in [2.05, 4.69) is 4.99 Å². The number of nitrogens with zero attached hydrogens (tertiary/aromatic N) is 2. The molecule has 0 radical (unpaired) electrons. The first-order valence-electron chi connectivity index (χ1n) is 5.80. The number of nitro groups is 1. The van der Waals surface area contributed by atoms with Crippen LogP contribution in [0.5, 0.6) is 5.75 Å². The predicted molar refractivity (Wildman–Crippen MR) is 72.8 cm³/mol. The second-order valence-electron chi connectivity index (χ2n) is 4.09. The summed E-state index contributed by atoms with van der Waals surface area (Å²) in [6.45, 7) is 0. The summed E-state index contributed by atoms with van der Waals surface area (Å²) >= 11 is 0. The molecule has 0 spiro atoms. The van der Waals surface area contributed by atoms with E-state index in [1.54, 1.807) is 0 Å². The topological polar surface area (TPSA) is 116 Å². The van der Waals surface area contributed by atoms with Gasteiger partial charge in [-0.2, -0.15) is 0 Å². The van der Waals surface area contributed by atoms with Crippen molar-refractivity contribution in [1.29, 1.82) is 0 Å². The first-order chi connectivity index (χ1) is 9.97. The van der Waals surface area contributed by atoms with E-state index in [0.717, 1.165) is 0 Å². The fourth-order valence-corrected chi connectivity index (χ4v) is 1.59. The van der Waals surface area contributed by atoms with E-state index in [1.165, 1.54) is 48.7 Å². The molecule has 8 heteroatoms. The normalized spacial score (nSPS) is 10.2. The van der Waals surface area contributed by atoms with Gasteiger partial charge in [0.2, 0.25) is 0 Å². The van der Waals surface area contributed by atoms with Crippen LogP contribution in [0.4, 0.5) is 11.4 Å². The number of carbonyl (C=O) groups is 1. The number of carbonyl (C=O) groups excluding carboxylic acids is 1. The molecule has 0 fully saturated rings. The number of aliphatic imine (C=N–C) groups is 1. The van der Waals surface area contributed by atoms with Crippen LogP contribution in [0.2, 0.25) is 0 Å². The van der Waals surface area contributed by atoms with E-state index in [0.29, 0.717) is 5.69 Å². The SMILES string of the molecule is O=C([O-])c1ccc(N=Cc2cc([N+](=O)[O-])ccc2O)cc1.[K+]. The molecule has 1 N–H and O–H groups in total. The van der Waals surface area contributed by atoms with Crippen molar-refractivity contribution < 1.29 is 71.3 Å². The summed E-state index contributed by atoms with van der Waals surface area (Å²) in [5, 5.41) is 30.9. The summed E-state index contributed by atoms with van der Waals surface area (Å²) in [4.78, 5) is 24.7. The third-order valence-corrected chi connectivity index (χ3v) is 2.68. The fourth-order valence-electron chi connectivity index (χ4n) is 1.59. The van der Waals surface area contributed by atoms with E-state index < -0.39 is 10.9 Å². The summed E-state index contributed by atoms with van der Waals surface area (Å²) in [7, 11) is 0. The molecule has 0 aliphatic rings. The number of hydrogen-bond donors (Lipinski definition) is 1. The van der Waals surface area contributed by atoms with Crippen LogP contribution < -0.4 is 56.5 Å². The maximum absolute atomic E-state index is 10.7. The van der Waals surface area contributed by atoms with Gasteiger partial charge in [0.1, 0.15) is 5.75 Å². The zero-order valence-corrected chi connectivity index (χ0v) is 14.7. The summed E-state index contributed by atoms with van der Waals surface area (Å²) in [6, 6.07) is 9.14. The summed E-state index contributed by atoms with van der Waals surface area (Å²) in [5.41, 5.74) is 0.479. The van der Waals surface area contributed by atoms with Crippen LogP contribution in [0.15, 0.2) is 47.5 Å². The maximum Gasteiger partial charge on any atom is 1.00 e. The summed E-state index contributed by atoms with van der Waals surface area (Å²) in [5.74, 6) is -1.43. The quantitative estimate of drug-likeness (QED) is 0.315. The van der Waals surface area contributed by atoms with Crippen LogP contribution in [-0.2, 0) is 0 Å². The second kappa shape index (κ2) is 8.16. The Hall–Kier alpha value is -1.58. The minimum Gasteiger partial charge on any atom is -0.545 e. The number of phenols is 1. The molecule has 0 aliphatic heterocycles. The summed E-state index contributed by atoms with van der Waals surface area (Å²) < 4.78 is 0. The van der Waals surface area contributed by atoms with Crippen LogP contribution >= 0.6 is 0 Å². The molecule has 0 unspecified atom stereocenters. The Labute approximate surface area is 167 Å². The van der Waals surface area contributed by atoms with E-state index in [9.17, 15) is 25.1 Å². The molecule has 0 saturated heterocycles. The van der Waals surface area contributed by atoms with Crippen molar-refractivity contribution in [1.82, 2.24) is 0 Å². The van der Waals surface area contributed by atoms with E-state index >= 15 is 0 Å². The van der Waals surface area contributed by atoms with Gasteiger partial charge in [0.25, 0.3) is 5.69 Å². The Morgan fingerprint density at radius 2 is 1.82 bits per heavy atom. The van der Waals surface area contributed by atoms with Crippen molar-refractivity contribution in [3.63, 3.8) is 0 Å². The van der Waals surface area contributed by atoms with Gasteiger partial charge in [-0.3, -0.25) is 15.1 Å². The first kappa shape index (κ1) is 18.5. The molecule has 22 heavy (non-hydrogen) atoms. The number of rotatable bonds is 4. The van der Waals surface area contributed by atoms with Crippen molar-refractivity contribution >= 4 is 23.6 Å². The van der Waals surface area contributed by atoms with Gasteiger partial charge in [0, 0.05) is 23.9 Å². The average Bonchev–Trinajstić information content (AvgIpc) is 2.46. The third kappa shape index (κ3) is 4.72. The number of nitro benzene ring substituents is 1. The zero-order chi connectivity index (χ0) is 15.4. The number of aromatic hydroxyl groups is 1. The molecule has 0 amide bonds. The van der Waals surface area contributed by atoms with Crippen LogP contribution in [0.3, 0.4) is 0 Å². The van der Waals surface area contributed by atoms with E-state index in [1.807, 2.05) is 0 Å². The molecular formula is C14H9KN2O5. The number of hydrogen-bond acceptors (Lipinski definition) is 6. The van der Waals surface area contributed by atoms with Gasteiger partial charge >= 0.3 is 51.4 Å². The molecule has 0 bridgehead atoms. The third-order valence-electron chi connectivity index (χ3n) is 2.68. The predicted octanol–water partition coefficient (Wildman–Crippen LogP) is -1.58. The molecule has 0 aliphatic carbocycles. The van der Waals surface area contributed by atoms with Crippen molar-refractivity contribution in [2.75, 3.05) is 0 Å². The van der Waals surface area contributed by atoms with E-state index in [-0.39, 0.29) is 73.9 Å².